The van der Waals surface area contributed by atoms with Gasteiger partial charge in [-0.15, -0.1) is 0 Å². The first kappa shape index (κ1) is 10.4. The molecule has 18 heavy (non-hydrogen) atoms. The first-order chi connectivity index (χ1) is 8.77. The van der Waals surface area contributed by atoms with E-state index in [0.29, 0.717) is 18.5 Å². The van der Waals surface area contributed by atoms with Gasteiger partial charge in [0.2, 0.25) is 5.91 Å². The summed E-state index contributed by atoms with van der Waals surface area (Å²) in [6, 6.07) is 6.89. The molecule has 4 rings (SSSR count). The number of rotatable bonds is 0. The fraction of sp³-hybridized carbons (Fsp3) is 0.500. The topological polar surface area (TPSA) is 35.6 Å². The standard InChI is InChI=1S/C14H17N3O/c1-16-12-4-2-3-9-10-7-15-6-5-11(10)17(14(9)12)8-13(16)18/h2-4,10-11,15H,5-8H2,1H3/t10-,11?/m0/s1. The number of nitrogens with zero attached hydrogens (tertiary/aromatic N) is 2. The van der Waals surface area contributed by atoms with Gasteiger partial charge in [-0.2, -0.15) is 0 Å². The van der Waals surface area contributed by atoms with Crippen LogP contribution < -0.4 is 15.1 Å². The summed E-state index contributed by atoms with van der Waals surface area (Å²) < 4.78 is 0. The second kappa shape index (κ2) is 3.48. The largest absolute Gasteiger partial charge is 0.357 e. The molecule has 1 saturated heterocycles. The smallest absolute Gasteiger partial charge is 0.246 e. The normalized spacial score (nSPS) is 29.3. The van der Waals surface area contributed by atoms with E-state index in [1.807, 2.05) is 7.05 Å². The Bertz CT molecular complexity index is 528. The molecule has 4 nitrogen and oxygen atoms in total. The highest BCUT2D eigenvalue weighted by Crippen LogP contribution is 2.49. The number of benzene rings is 1. The predicted molar refractivity (Wildman–Crippen MR) is 71.2 cm³/mol. The highest BCUT2D eigenvalue weighted by Gasteiger charge is 2.44. The summed E-state index contributed by atoms with van der Waals surface area (Å²) in [6.45, 7) is 2.64. The van der Waals surface area contributed by atoms with Crippen LogP contribution in [0.15, 0.2) is 18.2 Å². The predicted octanol–water partition coefficient (Wildman–Crippen LogP) is 0.928. The molecule has 1 aromatic carbocycles. The van der Waals surface area contributed by atoms with Gasteiger partial charge in [-0.3, -0.25) is 4.79 Å². The maximum Gasteiger partial charge on any atom is 0.246 e. The number of likely N-dealkylation sites (N-methyl/N-ethyl adjacent to an activating group) is 1. The van der Waals surface area contributed by atoms with Crippen molar-refractivity contribution in [3.63, 3.8) is 0 Å². The average Bonchev–Trinajstić information content (AvgIpc) is 2.72. The summed E-state index contributed by atoms with van der Waals surface area (Å²) in [5.41, 5.74) is 3.81. The molecule has 94 valence electrons. The molecule has 1 amide bonds. The van der Waals surface area contributed by atoms with Crippen molar-refractivity contribution >= 4 is 17.3 Å². The number of carbonyl (C=O) groups is 1. The zero-order valence-electron chi connectivity index (χ0n) is 10.5. The van der Waals surface area contributed by atoms with Crippen LogP contribution in [0.2, 0.25) is 0 Å². The molecular formula is C14H17N3O. The molecule has 4 heteroatoms. The van der Waals surface area contributed by atoms with Gasteiger partial charge in [0, 0.05) is 25.6 Å². The van der Waals surface area contributed by atoms with E-state index < -0.39 is 0 Å². The second-order valence-electron chi connectivity index (χ2n) is 5.46. The van der Waals surface area contributed by atoms with Gasteiger partial charge < -0.3 is 15.1 Å². The summed E-state index contributed by atoms with van der Waals surface area (Å²) in [7, 11) is 1.88. The molecule has 0 bridgehead atoms. The fourth-order valence-electron chi connectivity index (χ4n) is 3.71. The number of carbonyl (C=O) groups excluding carboxylic acids is 1. The van der Waals surface area contributed by atoms with Gasteiger partial charge in [-0.25, -0.2) is 0 Å². The SMILES string of the molecule is CN1C(=O)CN2c3c(cccc31)[C@@H]1CNCCC12. The summed E-state index contributed by atoms with van der Waals surface area (Å²) in [5.74, 6) is 0.756. The molecule has 1 N–H and O–H groups in total. The monoisotopic (exact) mass is 243 g/mol. The minimum atomic E-state index is 0.207. The average molecular weight is 243 g/mol. The minimum absolute atomic E-state index is 0.207. The van der Waals surface area contributed by atoms with E-state index in [2.05, 4.69) is 28.4 Å². The Labute approximate surface area is 107 Å². The van der Waals surface area contributed by atoms with E-state index in [4.69, 9.17) is 0 Å². The molecule has 1 aromatic rings. The highest BCUT2D eigenvalue weighted by atomic mass is 16.2. The summed E-state index contributed by atoms with van der Waals surface area (Å²) >= 11 is 0. The van der Waals surface area contributed by atoms with Gasteiger partial charge in [0.1, 0.15) is 0 Å². The van der Waals surface area contributed by atoms with Crippen molar-refractivity contribution in [2.75, 3.05) is 36.5 Å². The number of fused-ring (bicyclic) bond motifs is 3. The van der Waals surface area contributed by atoms with Crippen molar-refractivity contribution in [1.29, 1.82) is 0 Å². The minimum Gasteiger partial charge on any atom is -0.357 e. The van der Waals surface area contributed by atoms with Crippen molar-refractivity contribution < 1.29 is 4.79 Å². The van der Waals surface area contributed by atoms with Crippen LogP contribution >= 0.6 is 0 Å². The van der Waals surface area contributed by atoms with E-state index in [1.54, 1.807) is 4.90 Å². The molecule has 3 aliphatic rings. The first-order valence-corrected chi connectivity index (χ1v) is 6.64. The molecule has 3 heterocycles. The molecule has 0 radical (unpaired) electrons. The molecule has 0 aromatic heterocycles. The van der Waals surface area contributed by atoms with E-state index in [1.165, 1.54) is 11.3 Å². The molecule has 3 aliphatic heterocycles. The van der Waals surface area contributed by atoms with Crippen molar-refractivity contribution in [2.24, 2.45) is 0 Å². The lowest BCUT2D eigenvalue weighted by molar-refractivity contribution is -0.117. The van der Waals surface area contributed by atoms with Crippen LogP contribution in [0.1, 0.15) is 17.9 Å². The zero-order chi connectivity index (χ0) is 12.3. The van der Waals surface area contributed by atoms with E-state index in [0.717, 1.165) is 25.2 Å². The molecule has 1 fully saturated rings. The lowest BCUT2D eigenvalue weighted by atomic mass is 9.90. The van der Waals surface area contributed by atoms with Crippen LogP contribution in [0.4, 0.5) is 11.4 Å². The van der Waals surface area contributed by atoms with Crippen LogP contribution in [0.25, 0.3) is 0 Å². The maximum atomic E-state index is 12.1. The highest BCUT2D eigenvalue weighted by molar-refractivity contribution is 6.04. The van der Waals surface area contributed by atoms with Crippen molar-refractivity contribution in [3.8, 4) is 0 Å². The maximum absolute atomic E-state index is 12.1. The summed E-state index contributed by atoms with van der Waals surface area (Å²) in [5, 5.41) is 3.48. The number of para-hydroxylation sites is 1. The Morgan fingerprint density at radius 3 is 3.17 bits per heavy atom. The summed E-state index contributed by atoms with van der Waals surface area (Å²) in [6.07, 6.45) is 1.13. The Kier molecular flexibility index (Phi) is 2.01. The van der Waals surface area contributed by atoms with E-state index >= 15 is 0 Å². The molecule has 1 unspecified atom stereocenters. The molecule has 0 saturated carbocycles. The third-order valence-electron chi connectivity index (χ3n) is 4.62. The third-order valence-corrected chi connectivity index (χ3v) is 4.62. The lowest BCUT2D eigenvalue weighted by Crippen LogP contribution is -2.50. The van der Waals surface area contributed by atoms with Crippen LogP contribution in [0, 0.1) is 0 Å². The number of hydrogen-bond donors (Lipinski definition) is 1. The number of nitrogens with one attached hydrogen (secondary N) is 1. The van der Waals surface area contributed by atoms with Crippen molar-refractivity contribution in [1.82, 2.24) is 5.32 Å². The summed E-state index contributed by atoms with van der Waals surface area (Å²) in [4.78, 5) is 16.2. The number of anilines is 2. The van der Waals surface area contributed by atoms with Gasteiger partial charge in [0.05, 0.1) is 17.9 Å². The van der Waals surface area contributed by atoms with Crippen molar-refractivity contribution in [2.45, 2.75) is 18.4 Å². The zero-order valence-corrected chi connectivity index (χ0v) is 10.5. The number of amides is 1. The second-order valence-corrected chi connectivity index (χ2v) is 5.46. The van der Waals surface area contributed by atoms with Crippen LogP contribution in [-0.4, -0.2) is 38.6 Å². The third kappa shape index (κ3) is 1.16. The lowest BCUT2D eigenvalue weighted by Gasteiger charge is -2.38. The van der Waals surface area contributed by atoms with Gasteiger partial charge >= 0.3 is 0 Å². The molecule has 0 aliphatic carbocycles. The quantitative estimate of drug-likeness (QED) is 0.736. The van der Waals surface area contributed by atoms with E-state index in [9.17, 15) is 4.79 Å². The van der Waals surface area contributed by atoms with Crippen LogP contribution in [0.3, 0.4) is 0 Å². The molecule has 0 spiro atoms. The molecule has 2 atom stereocenters. The fourth-order valence-corrected chi connectivity index (χ4v) is 3.71. The Hall–Kier alpha value is -1.55. The van der Waals surface area contributed by atoms with E-state index in [-0.39, 0.29) is 5.91 Å². The number of hydrogen-bond acceptors (Lipinski definition) is 3. The first-order valence-electron chi connectivity index (χ1n) is 6.64. The van der Waals surface area contributed by atoms with Crippen LogP contribution in [-0.2, 0) is 4.79 Å². The van der Waals surface area contributed by atoms with Gasteiger partial charge in [0.25, 0.3) is 0 Å². The van der Waals surface area contributed by atoms with Crippen LogP contribution in [0.5, 0.6) is 0 Å². The Morgan fingerprint density at radius 2 is 2.28 bits per heavy atom. The van der Waals surface area contributed by atoms with Gasteiger partial charge in [0.15, 0.2) is 0 Å². The number of piperidine rings is 1. The van der Waals surface area contributed by atoms with Gasteiger partial charge in [-0.1, -0.05) is 12.1 Å². The Morgan fingerprint density at radius 1 is 1.39 bits per heavy atom. The van der Waals surface area contributed by atoms with Gasteiger partial charge in [-0.05, 0) is 24.6 Å². The van der Waals surface area contributed by atoms with Crippen molar-refractivity contribution in [3.05, 3.63) is 23.8 Å². The molecular weight excluding hydrogens is 226 g/mol. The Balaban J connectivity index is 1.91.